The van der Waals surface area contributed by atoms with Gasteiger partial charge in [0.05, 0.1) is 15.6 Å². The normalized spacial score (nSPS) is 14.0. The minimum absolute atomic E-state index is 0.00189. The second-order valence-corrected chi connectivity index (χ2v) is 7.23. The topological polar surface area (TPSA) is 110 Å². The quantitative estimate of drug-likeness (QED) is 0.415. The van der Waals surface area contributed by atoms with Crippen LogP contribution in [0.15, 0.2) is 53.4 Å². The van der Waals surface area contributed by atoms with Crippen LogP contribution in [0.2, 0.25) is 0 Å². The number of hydrogen-bond donors (Lipinski definition) is 0. The van der Waals surface area contributed by atoms with Gasteiger partial charge in [0, 0.05) is 61.0 Å². The molecule has 0 unspecified atom stereocenters. The van der Waals surface area contributed by atoms with E-state index in [4.69, 9.17) is 0 Å². The van der Waals surface area contributed by atoms with Gasteiger partial charge in [-0.1, -0.05) is 6.07 Å². The maximum Gasteiger partial charge on any atom is 0.271 e. The van der Waals surface area contributed by atoms with Gasteiger partial charge in [-0.25, -0.2) is 0 Å². The molecule has 1 heterocycles. The Morgan fingerprint density at radius 3 is 2.18 bits per heavy atom. The zero-order valence-corrected chi connectivity index (χ0v) is 15.7. The predicted octanol–water partition coefficient (Wildman–Crippen LogP) is 2.94. The first-order chi connectivity index (χ1) is 13.4. The number of nitro groups is 2. The molecular formula is C18H18N4O5S. The van der Waals surface area contributed by atoms with Gasteiger partial charge in [0.2, 0.25) is 5.91 Å². The van der Waals surface area contributed by atoms with Crippen LogP contribution in [0.3, 0.4) is 0 Å². The summed E-state index contributed by atoms with van der Waals surface area (Å²) in [7, 11) is 0. The van der Waals surface area contributed by atoms with E-state index in [0.717, 1.165) is 10.6 Å². The minimum atomic E-state index is -0.458. The van der Waals surface area contributed by atoms with Crippen LogP contribution < -0.4 is 4.90 Å². The molecule has 0 aromatic heterocycles. The lowest BCUT2D eigenvalue weighted by molar-refractivity contribution is -0.385. The van der Waals surface area contributed by atoms with Gasteiger partial charge in [0.1, 0.15) is 0 Å². The Bertz CT molecular complexity index is 882. The molecule has 28 heavy (non-hydrogen) atoms. The molecule has 0 bridgehead atoms. The Labute approximate surface area is 165 Å². The number of rotatable bonds is 6. The third-order valence-corrected chi connectivity index (χ3v) is 5.44. The van der Waals surface area contributed by atoms with Crippen molar-refractivity contribution in [1.29, 1.82) is 0 Å². The number of anilines is 1. The van der Waals surface area contributed by atoms with E-state index in [9.17, 15) is 25.0 Å². The largest absolute Gasteiger partial charge is 0.368 e. The SMILES string of the molecule is O=C(CSc1ccc([N+](=O)[O-])cc1)N1CCN(c2cccc([N+](=O)[O-])c2)CC1. The number of benzene rings is 2. The molecule has 0 atom stereocenters. The van der Waals surface area contributed by atoms with Crippen molar-refractivity contribution in [3.05, 3.63) is 68.8 Å². The molecule has 10 heteroatoms. The molecule has 2 aromatic carbocycles. The minimum Gasteiger partial charge on any atom is -0.368 e. The van der Waals surface area contributed by atoms with Crippen molar-refractivity contribution in [2.45, 2.75) is 4.90 Å². The molecule has 1 amide bonds. The van der Waals surface area contributed by atoms with Gasteiger partial charge in [0.15, 0.2) is 0 Å². The molecule has 0 spiro atoms. The molecule has 146 valence electrons. The standard InChI is InChI=1S/C18H18N4O5S/c23-18(13-28-17-6-4-14(5-7-17)21(24)25)20-10-8-19(9-11-20)15-2-1-3-16(12-15)22(26)27/h1-7,12H,8-11,13H2. The van der Waals surface area contributed by atoms with Crippen LogP contribution in [0.5, 0.6) is 0 Å². The van der Waals surface area contributed by atoms with Gasteiger partial charge in [-0.05, 0) is 18.2 Å². The number of nitrogens with zero attached hydrogens (tertiary/aromatic N) is 4. The monoisotopic (exact) mass is 402 g/mol. The maximum absolute atomic E-state index is 12.4. The first-order valence-corrected chi connectivity index (χ1v) is 9.57. The molecule has 0 saturated carbocycles. The van der Waals surface area contributed by atoms with Crippen molar-refractivity contribution in [3.63, 3.8) is 0 Å². The fourth-order valence-electron chi connectivity index (χ4n) is 2.92. The Morgan fingerprint density at radius 2 is 1.57 bits per heavy atom. The molecular weight excluding hydrogens is 384 g/mol. The highest BCUT2D eigenvalue weighted by atomic mass is 32.2. The highest BCUT2D eigenvalue weighted by Crippen LogP contribution is 2.24. The van der Waals surface area contributed by atoms with Crippen LogP contribution in [0.1, 0.15) is 0 Å². The molecule has 0 radical (unpaired) electrons. The van der Waals surface area contributed by atoms with E-state index in [-0.39, 0.29) is 23.0 Å². The lowest BCUT2D eigenvalue weighted by atomic mass is 10.2. The van der Waals surface area contributed by atoms with Gasteiger partial charge >= 0.3 is 0 Å². The van der Waals surface area contributed by atoms with Gasteiger partial charge in [-0.3, -0.25) is 25.0 Å². The lowest BCUT2D eigenvalue weighted by Gasteiger charge is -2.36. The number of hydrogen-bond acceptors (Lipinski definition) is 7. The maximum atomic E-state index is 12.4. The number of piperazine rings is 1. The Balaban J connectivity index is 1.50. The van der Waals surface area contributed by atoms with Crippen molar-refractivity contribution in [2.75, 3.05) is 36.8 Å². The predicted molar refractivity (Wildman–Crippen MR) is 106 cm³/mol. The molecule has 1 saturated heterocycles. The van der Waals surface area contributed by atoms with Crippen LogP contribution >= 0.6 is 11.8 Å². The molecule has 1 aliphatic heterocycles. The van der Waals surface area contributed by atoms with Crippen LogP contribution in [0, 0.1) is 20.2 Å². The highest BCUT2D eigenvalue weighted by Gasteiger charge is 2.22. The molecule has 1 aliphatic rings. The average Bonchev–Trinajstić information content (AvgIpc) is 2.72. The number of nitro benzene ring substituents is 2. The summed E-state index contributed by atoms with van der Waals surface area (Å²) in [5.74, 6) is 0.260. The number of carbonyl (C=O) groups excluding carboxylic acids is 1. The highest BCUT2D eigenvalue weighted by molar-refractivity contribution is 8.00. The van der Waals surface area contributed by atoms with E-state index in [1.165, 1.54) is 30.0 Å². The summed E-state index contributed by atoms with van der Waals surface area (Å²) in [6, 6.07) is 12.6. The molecule has 0 N–H and O–H groups in total. The molecule has 0 aliphatic carbocycles. The third-order valence-electron chi connectivity index (χ3n) is 4.45. The van der Waals surface area contributed by atoms with Crippen molar-refractivity contribution < 1.29 is 14.6 Å². The van der Waals surface area contributed by atoms with Gasteiger partial charge in [-0.2, -0.15) is 0 Å². The van der Waals surface area contributed by atoms with Crippen molar-refractivity contribution >= 4 is 34.7 Å². The number of thioether (sulfide) groups is 1. The molecule has 3 rings (SSSR count). The Kier molecular flexibility index (Phi) is 6.09. The first kappa shape index (κ1) is 19.6. The Morgan fingerprint density at radius 1 is 0.929 bits per heavy atom. The second kappa shape index (κ2) is 8.70. The molecule has 2 aromatic rings. The van der Waals surface area contributed by atoms with Gasteiger partial charge in [0.25, 0.3) is 11.4 Å². The van der Waals surface area contributed by atoms with Crippen molar-refractivity contribution in [3.8, 4) is 0 Å². The van der Waals surface area contributed by atoms with E-state index in [1.807, 2.05) is 11.0 Å². The fraction of sp³-hybridized carbons (Fsp3) is 0.278. The Hall–Kier alpha value is -3.14. The summed E-state index contributed by atoms with van der Waals surface area (Å²) >= 11 is 1.34. The second-order valence-electron chi connectivity index (χ2n) is 6.18. The zero-order chi connectivity index (χ0) is 20.1. The number of non-ortho nitro benzene ring substituents is 2. The van der Waals surface area contributed by atoms with Crippen LogP contribution in [-0.4, -0.2) is 52.6 Å². The summed E-state index contributed by atoms with van der Waals surface area (Å²) in [5, 5.41) is 21.6. The van der Waals surface area contributed by atoms with Crippen LogP contribution in [-0.2, 0) is 4.79 Å². The summed E-state index contributed by atoms with van der Waals surface area (Å²) in [6.45, 7) is 2.30. The number of carbonyl (C=O) groups is 1. The lowest BCUT2D eigenvalue weighted by Crippen LogP contribution is -2.49. The van der Waals surface area contributed by atoms with Crippen LogP contribution in [0.4, 0.5) is 17.1 Å². The smallest absolute Gasteiger partial charge is 0.271 e. The van der Waals surface area contributed by atoms with Gasteiger partial charge in [-0.15, -0.1) is 11.8 Å². The van der Waals surface area contributed by atoms with Crippen molar-refractivity contribution in [1.82, 2.24) is 4.90 Å². The summed E-state index contributed by atoms with van der Waals surface area (Å²) in [5.41, 5.74) is 0.852. The summed E-state index contributed by atoms with van der Waals surface area (Å²) in [6.07, 6.45) is 0. The third kappa shape index (κ3) is 4.77. The summed E-state index contributed by atoms with van der Waals surface area (Å²) in [4.78, 5) is 37.7. The van der Waals surface area contributed by atoms with E-state index >= 15 is 0 Å². The summed E-state index contributed by atoms with van der Waals surface area (Å²) < 4.78 is 0. The van der Waals surface area contributed by atoms with E-state index < -0.39 is 9.85 Å². The van der Waals surface area contributed by atoms with E-state index in [2.05, 4.69) is 0 Å². The zero-order valence-electron chi connectivity index (χ0n) is 14.9. The van der Waals surface area contributed by atoms with Crippen LogP contribution in [0.25, 0.3) is 0 Å². The molecule has 9 nitrogen and oxygen atoms in total. The van der Waals surface area contributed by atoms with E-state index in [0.29, 0.717) is 26.2 Å². The van der Waals surface area contributed by atoms with Gasteiger partial charge < -0.3 is 9.80 Å². The number of amides is 1. The fourth-order valence-corrected chi connectivity index (χ4v) is 3.72. The average molecular weight is 402 g/mol. The van der Waals surface area contributed by atoms with E-state index in [1.54, 1.807) is 29.2 Å². The molecule has 1 fully saturated rings. The van der Waals surface area contributed by atoms with Crippen molar-refractivity contribution in [2.24, 2.45) is 0 Å². The first-order valence-electron chi connectivity index (χ1n) is 8.58.